The molecule has 0 unspecified atom stereocenters. The lowest BCUT2D eigenvalue weighted by Crippen LogP contribution is -2.40. The van der Waals surface area contributed by atoms with Crippen molar-refractivity contribution in [1.82, 2.24) is 14.7 Å². The van der Waals surface area contributed by atoms with E-state index in [2.05, 4.69) is 49.9 Å². The van der Waals surface area contributed by atoms with E-state index in [9.17, 15) is 4.79 Å². The fourth-order valence-corrected chi connectivity index (χ4v) is 4.23. The first kappa shape index (κ1) is 20.0. The normalized spacial score (nSPS) is 16.7. The van der Waals surface area contributed by atoms with Crippen LogP contribution in [0.3, 0.4) is 0 Å². The summed E-state index contributed by atoms with van der Waals surface area (Å²) in [6.45, 7) is 5.95. The smallest absolute Gasteiger partial charge is 0.225 e. The van der Waals surface area contributed by atoms with Gasteiger partial charge in [-0.1, -0.05) is 38.5 Å². The summed E-state index contributed by atoms with van der Waals surface area (Å²) in [5.74, 6) is 2.67. The van der Waals surface area contributed by atoms with Crippen LogP contribution in [0.25, 0.3) is 5.69 Å². The standard InChI is InChI=1S/C24H34N4O/c1-17(2)22-21(16-27(15-18-13-14-18)24(29)19-9-8-10-19)23(26(3)4)28(25-22)20-11-6-5-7-12-20/h5-7,11-12,17-19H,8-10,13-16H2,1-4H3. The van der Waals surface area contributed by atoms with Crippen molar-refractivity contribution in [2.24, 2.45) is 11.8 Å². The Kier molecular flexibility index (Phi) is 5.66. The van der Waals surface area contributed by atoms with E-state index < -0.39 is 0 Å². The molecule has 5 nitrogen and oxygen atoms in total. The average molecular weight is 395 g/mol. The Bertz CT molecular complexity index is 847. The molecule has 1 heterocycles. The topological polar surface area (TPSA) is 41.4 Å². The van der Waals surface area contributed by atoms with Gasteiger partial charge in [-0.2, -0.15) is 5.10 Å². The van der Waals surface area contributed by atoms with E-state index in [4.69, 9.17) is 5.10 Å². The summed E-state index contributed by atoms with van der Waals surface area (Å²) < 4.78 is 2.05. The summed E-state index contributed by atoms with van der Waals surface area (Å²) in [5.41, 5.74) is 3.35. The number of carbonyl (C=O) groups excluding carboxylic acids is 1. The van der Waals surface area contributed by atoms with Crippen LogP contribution in [0.15, 0.2) is 30.3 Å². The average Bonchev–Trinajstić information content (AvgIpc) is 3.37. The minimum Gasteiger partial charge on any atom is -0.362 e. The minimum atomic E-state index is 0.239. The molecule has 2 aliphatic rings. The Morgan fingerprint density at radius 2 is 1.83 bits per heavy atom. The van der Waals surface area contributed by atoms with E-state index in [1.54, 1.807) is 0 Å². The van der Waals surface area contributed by atoms with Crippen molar-refractivity contribution in [1.29, 1.82) is 0 Å². The molecular weight excluding hydrogens is 360 g/mol. The molecule has 0 spiro atoms. The fourth-order valence-electron chi connectivity index (χ4n) is 4.23. The quantitative estimate of drug-likeness (QED) is 0.657. The second-order valence-electron chi connectivity index (χ2n) is 9.27. The molecule has 2 aromatic rings. The molecule has 2 aliphatic carbocycles. The predicted octanol–water partition coefficient (Wildman–Crippen LogP) is 4.60. The van der Waals surface area contributed by atoms with E-state index in [0.717, 1.165) is 36.6 Å². The van der Waals surface area contributed by atoms with Crippen molar-refractivity contribution < 1.29 is 4.79 Å². The SMILES string of the molecule is CC(C)c1nn(-c2ccccc2)c(N(C)C)c1CN(CC1CC1)C(=O)C1CCC1. The van der Waals surface area contributed by atoms with Gasteiger partial charge in [0.2, 0.25) is 5.91 Å². The van der Waals surface area contributed by atoms with E-state index in [1.165, 1.54) is 24.8 Å². The Hall–Kier alpha value is -2.30. The number of hydrogen-bond acceptors (Lipinski definition) is 3. The first-order chi connectivity index (χ1) is 14.0. The lowest BCUT2D eigenvalue weighted by atomic mass is 9.84. The number of anilines is 1. The molecule has 0 bridgehead atoms. The van der Waals surface area contributed by atoms with Crippen LogP contribution < -0.4 is 4.90 Å². The number of hydrogen-bond donors (Lipinski definition) is 0. The molecule has 4 rings (SSSR count). The lowest BCUT2D eigenvalue weighted by molar-refractivity contribution is -0.139. The molecule has 1 aromatic carbocycles. The van der Waals surface area contributed by atoms with E-state index >= 15 is 0 Å². The minimum absolute atomic E-state index is 0.239. The summed E-state index contributed by atoms with van der Waals surface area (Å²) in [7, 11) is 4.14. The van der Waals surface area contributed by atoms with Crippen LogP contribution in [0.5, 0.6) is 0 Å². The van der Waals surface area contributed by atoms with Gasteiger partial charge in [0.1, 0.15) is 5.82 Å². The van der Waals surface area contributed by atoms with Crippen molar-refractivity contribution in [3.63, 3.8) is 0 Å². The van der Waals surface area contributed by atoms with Gasteiger partial charge in [0.15, 0.2) is 0 Å². The molecule has 156 valence electrons. The maximum atomic E-state index is 13.2. The highest BCUT2D eigenvalue weighted by Crippen LogP contribution is 2.36. The second-order valence-corrected chi connectivity index (χ2v) is 9.27. The maximum Gasteiger partial charge on any atom is 0.225 e. The molecule has 2 fully saturated rings. The molecule has 0 radical (unpaired) electrons. The van der Waals surface area contributed by atoms with E-state index in [-0.39, 0.29) is 5.92 Å². The number of rotatable bonds is 8. The van der Waals surface area contributed by atoms with Gasteiger partial charge in [-0.3, -0.25) is 4.79 Å². The first-order valence-corrected chi connectivity index (χ1v) is 11.1. The molecule has 0 saturated heterocycles. The zero-order chi connectivity index (χ0) is 20.5. The summed E-state index contributed by atoms with van der Waals surface area (Å²) in [5, 5.41) is 5.02. The third-order valence-corrected chi connectivity index (χ3v) is 6.25. The van der Waals surface area contributed by atoms with Gasteiger partial charge in [-0.25, -0.2) is 4.68 Å². The van der Waals surface area contributed by atoms with E-state index in [1.807, 2.05) is 22.9 Å². The van der Waals surface area contributed by atoms with Gasteiger partial charge in [-0.05, 0) is 49.7 Å². The van der Waals surface area contributed by atoms with Crippen LogP contribution in [0, 0.1) is 11.8 Å². The number of carbonyl (C=O) groups is 1. The Labute approximate surface area is 174 Å². The monoisotopic (exact) mass is 394 g/mol. The molecule has 5 heteroatoms. The highest BCUT2D eigenvalue weighted by Gasteiger charge is 2.35. The Morgan fingerprint density at radius 1 is 1.14 bits per heavy atom. The van der Waals surface area contributed by atoms with Gasteiger partial charge in [0, 0.05) is 32.1 Å². The summed E-state index contributed by atoms with van der Waals surface area (Å²) in [4.78, 5) is 17.5. The highest BCUT2D eigenvalue weighted by molar-refractivity contribution is 5.80. The number of amides is 1. The predicted molar refractivity (Wildman–Crippen MR) is 117 cm³/mol. The Morgan fingerprint density at radius 3 is 2.34 bits per heavy atom. The van der Waals surface area contributed by atoms with Crippen LogP contribution in [-0.4, -0.2) is 41.2 Å². The lowest BCUT2D eigenvalue weighted by Gasteiger charge is -2.32. The first-order valence-electron chi connectivity index (χ1n) is 11.1. The molecule has 0 atom stereocenters. The highest BCUT2D eigenvalue weighted by atomic mass is 16.2. The van der Waals surface area contributed by atoms with Gasteiger partial charge < -0.3 is 9.80 Å². The molecule has 1 aromatic heterocycles. The van der Waals surface area contributed by atoms with Gasteiger partial charge in [-0.15, -0.1) is 0 Å². The summed E-state index contributed by atoms with van der Waals surface area (Å²) in [6.07, 6.45) is 5.83. The number of aromatic nitrogens is 2. The molecule has 1 amide bonds. The van der Waals surface area contributed by atoms with Crippen LogP contribution in [0.4, 0.5) is 5.82 Å². The fraction of sp³-hybridized carbons (Fsp3) is 0.583. The Balaban J connectivity index is 1.73. The number of benzene rings is 1. The maximum absolute atomic E-state index is 13.2. The molecule has 2 saturated carbocycles. The zero-order valence-corrected chi connectivity index (χ0v) is 18.3. The van der Waals surface area contributed by atoms with Crippen molar-refractivity contribution in [2.75, 3.05) is 25.5 Å². The zero-order valence-electron chi connectivity index (χ0n) is 18.3. The van der Waals surface area contributed by atoms with Crippen LogP contribution >= 0.6 is 0 Å². The molecular formula is C24H34N4O. The van der Waals surface area contributed by atoms with Crippen molar-refractivity contribution in [3.8, 4) is 5.69 Å². The third-order valence-electron chi connectivity index (χ3n) is 6.25. The van der Waals surface area contributed by atoms with Crippen molar-refractivity contribution in [2.45, 2.75) is 58.4 Å². The van der Waals surface area contributed by atoms with Crippen LogP contribution in [-0.2, 0) is 11.3 Å². The third kappa shape index (κ3) is 4.19. The largest absolute Gasteiger partial charge is 0.362 e. The molecule has 29 heavy (non-hydrogen) atoms. The van der Waals surface area contributed by atoms with Gasteiger partial charge >= 0.3 is 0 Å². The number of nitrogens with zero attached hydrogens (tertiary/aromatic N) is 4. The summed E-state index contributed by atoms with van der Waals surface area (Å²) in [6, 6.07) is 10.3. The van der Waals surface area contributed by atoms with E-state index in [0.29, 0.717) is 24.3 Å². The number of para-hydroxylation sites is 1. The second kappa shape index (κ2) is 8.21. The van der Waals surface area contributed by atoms with Gasteiger partial charge in [0.25, 0.3) is 0 Å². The molecule has 0 N–H and O–H groups in total. The van der Waals surface area contributed by atoms with Crippen LogP contribution in [0.1, 0.15) is 63.1 Å². The van der Waals surface area contributed by atoms with Crippen LogP contribution in [0.2, 0.25) is 0 Å². The van der Waals surface area contributed by atoms with Crippen molar-refractivity contribution >= 4 is 11.7 Å². The summed E-state index contributed by atoms with van der Waals surface area (Å²) >= 11 is 0. The van der Waals surface area contributed by atoms with Crippen molar-refractivity contribution in [3.05, 3.63) is 41.6 Å². The van der Waals surface area contributed by atoms with Gasteiger partial charge in [0.05, 0.1) is 17.9 Å². The molecule has 0 aliphatic heterocycles.